The summed E-state index contributed by atoms with van der Waals surface area (Å²) in [4.78, 5) is 12.0. The van der Waals surface area contributed by atoms with Gasteiger partial charge in [-0.25, -0.2) is 0 Å². The lowest BCUT2D eigenvalue weighted by atomic mass is 10.1. The van der Waals surface area contributed by atoms with Crippen LogP contribution in [0.3, 0.4) is 0 Å². The number of ether oxygens (including phenoxy) is 2. The summed E-state index contributed by atoms with van der Waals surface area (Å²) in [6, 6.07) is 11.0. The predicted octanol–water partition coefficient (Wildman–Crippen LogP) is 3.62. The molecular weight excluding hydrogens is 337 g/mol. The Kier molecular flexibility index (Phi) is 4.94. The van der Waals surface area contributed by atoms with Gasteiger partial charge in [0.25, 0.3) is 0 Å². The van der Waals surface area contributed by atoms with E-state index in [-0.39, 0.29) is 19.1 Å². The van der Waals surface area contributed by atoms with Crippen LogP contribution in [-0.4, -0.2) is 19.2 Å². The molecule has 0 aliphatic carbocycles. The van der Waals surface area contributed by atoms with Crippen LogP contribution >= 0.6 is 23.2 Å². The Morgan fingerprint density at radius 3 is 2.61 bits per heavy atom. The highest BCUT2D eigenvalue weighted by Gasteiger charge is 2.13. The Hall–Kier alpha value is -1.91. The van der Waals surface area contributed by atoms with Crippen LogP contribution in [0.25, 0.3) is 0 Å². The van der Waals surface area contributed by atoms with Gasteiger partial charge in [0.1, 0.15) is 0 Å². The molecule has 0 spiro atoms. The van der Waals surface area contributed by atoms with Crippen molar-refractivity contribution in [2.75, 3.05) is 13.3 Å². The summed E-state index contributed by atoms with van der Waals surface area (Å²) in [7, 11) is 0. The summed E-state index contributed by atoms with van der Waals surface area (Å²) in [5, 5.41) is 3.88. The molecule has 23 heavy (non-hydrogen) atoms. The van der Waals surface area contributed by atoms with E-state index in [2.05, 4.69) is 5.32 Å². The standard InChI is InChI=1S/C17H15Cl2NO3/c18-13-2-1-3-14(19)12(13)9-17(21)20-7-6-11-4-5-15-16(8-11)23-10-22-15/h1-5,8H,6-7,9-10H2,(H,20,21). The average molecular weight is 352 g/mol. The van der Waals surface area contributed by atoms with Gasteiger partial charge in [-0.15, -0.1) is 0 Å². The van der Waals surface area contributed by atoms with Crippen molar-refractivity contribution in [1.82, 2.24) is 5.32 Å². The Balaban J connectivity index is 1.51. The smallest absolute Gasteiger partial charge is 0.231 e. The third-order valence-electron chi connectivity index (χ3n) is 3.57. The van der Waals surface area contributed by atoms with Crippen LogP contribution in [0.4, 0.5) is 0 Å². The van der Waals surface area contributed by atoms with E-state index in [1.165, 1.54) is 0 Å². The minimum absolute atomic E-state index is 0.110. The summed E-state index contributed by atoms with van der Waals surface area (Å²) in [5.74, 6) is 1.39. The van der Waals surface area contributed by atoms with E-state index >= 15 is 0 Å². The lowest BCUT2D eigenvalue weighted by Gasteiger charge is -2.08. The van der Waals surface area contributed by atoms with Crippen molar-refractivity contribution >= 4 is 29.1 Å². The normalized spacial score (nSPS) is 12.3. The van der Waals surface area contributed by atoms with E-state index in [0.29, 0.717) is 28.6 Å². The number of rotatable bonds is 5. The molecule has 0 aromatic heterocycles. The Morgan fingerprint density at radius 1 is 1.09 bits per heavy atom. The van der Waals surface area contributed by atoms with Crippen molar-refractivity contribution in [3.8, 4) is 11.5 Å². The van der Waals surface area contributed by atoms with Crippen molar-refractivity contribution in [3.05, 3.63) is 57.6 Å². The quantitative estimate of drug-likeness (QED) is 0.894. The first-order valence-corrected chi connectivity index (χ1v) is 7.97. The third-order valence-corrected chi connectivity index (χ3v) is 4.28. The zero-order chi connectivity index (χ0) is 16.2. The summed E-state index contributed by atoms with van der Waals surface area (Å²) < 4.78 is 10.6. The molecule has 2 aromatic carbocycles. The zero-order valence-electron chi connectivity index (χ0n) is 12.3. The molecule has 0 bridgehead atoms. The number of carbonyl (C=O) groups is 1. The molecule has 1 aliphatic rings. The molecule has 1 aliphatic heterocycles. The number of fused-ring (bicyclic) bond motifs is 1. The second-order valence-corrected chi connectivity index (χ2v) is 5.98. The van der Waals surface area contributed by atoms with Crippen LogP contribution in [0.2, 0.25) is 10.0 Å². The highest BCUT2D eigenvalue weighted by Crippen LogP contribution is 2.32. The van der Waals surface area contributed by atoms with Gasteiger partial charge < -0.3 is 14.8 Å². The van der Waals surface area contributed by atoms with E-state index in [1.807, 2.05) is 18.2 Å². The highest BCUT2D eigenvalue weighted by atomic mass is 35.5. The third kappa shape index (κ3) is 3.89. The van der Waals surface area contributed by atoms with Gasteiger partial charge in [-0.05, 0) is 41.8 Å². The molecular formula is C17H15Cl2NO3. The maximum absolute atomic E-state index is 12.0. The molecule has 0 fully saturated rings. The molecule has 4 nitrogen and oxygen atoms in total. The highest BCUT2D eigenvalue weighted by molar-refractivity contribution is 6.36. The van der Waals surface area contributed by atoms with Crippen LogP contribution < -0.4 is 14.8 Å². The lowest BCUT2D eigenvalue weighted by Crippen LogP contribution is -2.27. The first kappa shape index (κ1) is 16.0. The van der Waals surface area contributed by atoms with Gasteiger partial charge in [-0.2, -0.15) is 0 Å². The largest absolute Gasteiger partial charge is 0.454 e. The van der Waals surface area contributed by atoms with Gasteiger partial charge in [0.2, 0.25) is 12.7 Å². The van der Waals surface area contributed by atoms with Gasteiger partial charge in [0.05, 0.1) is 6.42 Å². The topological polar surface area (TPSA) is 47.6 Å². The first-order valence-electron chi connectivity index (χ1n) is 7.21. The number of halogens is 2. The van der Waals surface area contributed by atoms with Crippen molar-refractivity contribution < 1.29 is 14.3 Å². The molecule has 0 radical (unpaired) electrons. The van der Waals surface area contributed by atoms with Gasteiger partial charge in [0, 0.05) is 16.6 Å². The molecule has 1 heterocycles. The van der Waals surface area contributed by atoms with Crippen LogP contribution in [0.1, 0.15) is 11.1 Å². The summed E-state index contributed by atoms with van der Waals surface area (Å²) in [6.07, 6.45) is 0.873. The lowest BCUT2D eigenvalue weighted by molar-refractivity contribution is -0.120. The van der Waals surface area contributed by atoms with Crippen molar-refractivity contribution in [3.63, 3.8) is 0 Å². The Bertz CT molecular complexity index is 714. The molecule has 0 saturated carbocycles. The fourth-order valence-electron chi connectivity index (χ4n) is 2.37. The monoisotopic (exact) mass is 351 g/mol. The van der Waals surface area contributed by atoms with Gasteiger partial charge in [-0.1, -0.05) is 35.3 Å². The maximum atomic E-state index is 12.0. The summed E-state index contributed by atoms with van der Waals surface area (Å²) >= 11 is 12.1. The molecule has 0 atom stereocenters. The van der Waals surface area contributed by atoms with E-state index < -0.39 is 0 Å². The number of amides is 1. The van der Waals surface area contributed by atoms with Crippen LogP contribution in [-0.2, 0) is 17.6 Å². The number of hydrogen-bond donors (Lipinski definition) is 1. The molecule has 1 amide bonds. The maximum Gasteiger partial charge on any atom is 0.231 e. The summed E-state index contributed by atoms with van der Waals surface area (Å²) in [6.45, 7) is 0.786. The summed E-state index contributed by atoms with van der Waals surface area (Å²) in [5.41, 5.74) is 1.72. The fourth-order valence-corrected chi connectivity index (χ4v) is 2.90. The predicted molar refractivity (Wildman–Crippen MR) is 89.4 cm³/mol. The molecule has 6 heteroatoms. The second kappa shape index (κ2) is 7.11. The fraction of sp³-hybridized carbons (Fsp3) is 0.235. The number of nitrogens with one attached hydrogen (secondary N) is 1. The number of hydrogen-bond acceptors (Lipinski definition) is 3. The van der Waals surface area contributed by atoms with Crippen LogP contribution in [0.15, 0.2) is 36.4 Å². The number of benzene rings is 2. The molecule has 0 saturated heterocycles. The van der Waals surface area contributed by atoms with Gasteiger partial charge >= 0.3 is 0 Å². The van der Waals surface area contributed by atoms with Crippen molar-refractivity contribution in [2.45, 2.75) is 12.8 Å². The molecule has 3 rings (SSSR count). The van der Waals surface area contributed by atoms with Crippen molar-refractivity contribution in [2.24, 2.45) is 0 Å². The van der Waals surface area contributed by atoms with Gasteiger partial charge in [-0.3, -0.25) is 4.79 Å². The zero-order valence-corrected chi connectivity index (χ0v) is 13.8. The molecule has 0 unspecified atom stereocenters. The van der Waals surface area contributed by atoms with E-state index in [0.717, 1.165) is 17.1 Å². The molecule has 1 N–H and O–H groups in total. The van der Waals surface area contributed by atoms with Crippen LogP contribution in [0, 0.1) is 0 Å². The van der Waals surface area contributed by atoms with E-state index in [1.54, 1.807) is 18.2 Å². The SMILES string of the molecule is O=C(Cc1c(Cl)cccc1Cl)NCCc1ccc2c(c1)OCO2. The molecule has 120 valence electrons. The van der Waals surface area contributed by atoms with E-state index in [4.69, 9.17) is 32.7 Å². The number of carbonyl (C=O) groups excluding carboxylic acids is 1. The first-order chi connectivity index (χ1) is 11.1. The second-order valence-electron chi connectivity index (χ2n) is 5.16. The van der Waals surface area contributed by atoms with Gasteiger partial charge in [0.15, 0.2) is 11.5 Å². The Labute approximate surface area is 144 Å². The van der Waals surface area contributed by atoms with Crippen LogP contribution in [0.5, 0.6) is 11.5 Å². The molecule has 2 aromatic rings. The minimum Gasteiger partial charge on any atom is -0.454 e. The van der Waals surface area contributed by atoms with E-state index in [9.17, 15) is 4.79 Å². The Morgan fingerprint density at radius 2 is 1.83 bits per heavy atom. The van der Waals surface area contributed by atoms with Crippen molar-refractivity contribution in [1.29, 1.82) is 0 Å². The minimum atomic E-state index is -0.110. The average Bonchev–Trinajstić information content (AvgIpc) is 2.99.